The van der Waals surface area contributed by atoms with Crippen LogP contribution in [-0.4, -0.2) is 35.9 Å². The average molecular weight is 471 g/mol. The second kappa shape index (κ2) is 9.62. The molecule has 3 aromatic rings. The molecule has 1 saturated heterocycles. The van der Waals surface area contributed by atoms with Gasteiger partial charge in [-0.3, -0.25) is 9.59 Å². The van der Waals surface area contributed by atoms with Gasteiger partial charge in [-0.25, -0.2) is 4.39 Å². The summed E-state index contributed by atoms with van der Waals surface area (Å²) in [6.07, 6.45) is 1.51. The molecular formula is C24H24ClFN4O3. The number of carbonyl (C=O) groups is 1. The molecule has 1 aliphatic rings. The Hall–Kier alpha value is -3.39. The molecule has 0 spiro atoms. The van der Waals surface area contributed by atoms with E-state index in [-0.39, 0.29) is 17.4 Å². The highest BCUT2D eigenvalue weighted by atomic mass is 35.5. The standard InChI is InChI=1S/C24H24ClFN4O3/c1-15-11-20(21(33-2)13-19(15)25)27-24(32)16-5-4-10-29(14-16)22-8-9-23(31)30(28-22)18-7-3-6-17(26)12-18/h3,6-9,11-13,16H,4-5,10,14H2,1-2H3,(H,27,32). The van der Waals surface area contributed by atoms with Crippen molar-refractivity contribution in [3.8, 4) is 11.4 Å². The van der Waals surface area contributed by atoms with E-state index in [2.05, 4.69) is 10.4 Å². The van der Waals surface area contributed by atoms with E-state index in [1.165, 1.54) is 36.1 Å². The molecule has 1 N–H and O–H groups in total. The minimum Gasteiger partial charge on any atom is -0.495 e. The summed E-state index contributed by atoms with van der Waals surface area (Å²) < 4.78 is 20.2. The van der Waals surface area contributed by atoms with Gasteiger partial charge < -0.3 is 15.0 Å². The molecule has 1 fully saturated rings. The zero-order valence-corrected chi connectivity index (χ0v) is 19.1. The summed E-state index contributed by atoms with van der Waals surface area (Å²) in [7, 11) is 1.53. The van der Waals surface area contributed by atoms with E-state index in [4.69, 9.17) is 16.3 Å². The van der Waals surface area contributed by atoms with E-state index < -0.39 is 5.82 Å². The van der Waals surface area contributed by atoms with Crippen molar-refractivity contribution < 1.29 is 13.9 Å². The number of anilines is 2. The average Bonchev–Trinajstić information content (AvgIpc) is 2.81. The minimum absolute atomic E-state index is 0.127. The Balaban J connectivity index is 1.53. The molecule has 9 heteroatoms. The van der Waals surface area contributed by atoms with Crippen molar-refractivity contribution in [2.45, 2.75) is 19.8 Å². The number of nitrogens with zero attached hydrogens (tertiary/aromatic N) is 3. The molecule has 4 rings (SSSR count). The van der Waals surface area contributed by atoms with E-state index in [0.717, 1.165) is 18.4 Å². The lowest BCUT2D eigenvalue weighted by Gasteiger charge is -2.33. The van der Waals surface area contributed by atoms with Gasteiger partial charge in [-0.15, -0.1) is 5.10 Å². The first kappa shape index (κ1) is 22.8. The second-order valence-corrected chi connectivity index (χ2v) is 8.40. The molecule has 172 valence electrons. The van der Waals surface area contributed by atoms with Gasteiger partial charge in [0.05, 0.1) is 24.4 Å². The lowest BCUT2D eigenvalue weighted by Crippen LogP contribution is -2.41. The molecule has 33 heavy (non-hydrogen) atoms. The zero-order chi connectivity index (χ0) is 23.5. The number of piperidine rings is 1. The Morgan fingerprint density at radius 3 is 2.82 bits per heavy atom. The Labute approximate surface area is 195 Å². The molecule has 0 bridgehead atoms. The van der Waals surface area contributed by atoms with Crippen molar-refractivity contribution in [1.29, 1.82) is 0 Å². The van der Waals surface area contributed by atoms with Crippen LogP contribution < -0.4 is 20.5 Å². The summed E-state index contributed by atoms with van der Waals surface area (Å²) in [6, 6.07) is 12.2. The van der Waals surface area contributed by atoms with Crippen LogP contribution in [0.25, 0.3) is 5.69 Å². The molecule has 1 aromatic heterocycles. The molecule has 2 heterocycles. The summed E-state index contributed by atoms with van der Waals surface area (Å²) in [5.74, 6) is 0.190. The zero-order valence-electron chi connectivity index (χ0n) is 18.3. The predicted molar refractivity (Wildman–Crippen MR) is 126 cm³/mol. The fourth-order valence-corrected chi connectivity index (χ4v) is 4.08. The van der Waals surface area contributed by atoms with Crippen molar-refractivity contribution in [2.24, 2.45) is 5.92 Å². The Bertz CT molecular complexity index is 1250. The first-order valence-electron chi connectivity index (χ1n) is 10.6. The third kappa shape index (κ3) is 5.01. The fourth-order valence-electron chi connectivity index (χ4n) is 3.93. The number of nitrogens with one attached hydrogen (secondary N) is 1. The fraction of sp³-hybridized carbons (Fsp3) is 0.292. The van der Waals surface area contributed by atoms with Gasteiger partial charge in [0, 0.05) is 30.2 Å². The normalized spacial score (nSPS) is 15.9. The van der Waals surface area contributed by atoms with Crippen molar-refractivity contribution >= 4 is 29.0 Å². The number of halogens is 2. The van der Waals surface area contributed by atoms with E-state index in [1.54, 1.807) is 24.3 Å². The topological polar surface area (TPSA) is 76.5 Å². The summed E-state index contributed by atoms with van der Waals surface area (Å²) >= 11 is 6.16. The van der Waals surface area contributed by atoms with Crippen LogP contribution in [0.2, 0.25) is 5.02 Å². The number of rotatable bonds is 5. The van der Waals surface area contributed by atoms with Crippen LogP contribution >= 0.6 is 11.6 Å². The number of carbonyl (C=O) groups excluding carboxylic acids is 1. The molecule has 1 aliphatic heterocycles. The van der Waals surface area contributed by atoms with Crippen molar-refractivity contribution in [2.75, 3.05) is 30.4 Å². The third-order valence-electron chi connectivity index (χ3n) is 5.69. The lowest BCUT2D eigenvalue weighted by atomic mass is 9.97. The number of ether oxygens (including phenoxy) is 1. The quantitative estimate of drug-likeness (QED) is 0.605. The molecule has 1 atom stereocenters. The highest BCUT2D eigenvalue weighted by Gasteiger charge is 2.27. The van der Waals surface area contributed by atoms with Crippen LogP contribution in [0.4, 0.5) is 15.9 Å². The first-order chi connectivity index (χ1) is 15.9. The van der Waals surface area contributed by atoms with Gasteiger partial charge in [-0.2, -0.15) is 4.68 Å². The molecule has 7 nitrogen and oxygen atoms in total. The first-order valence-corrected chi connectivity index (χ1v) is 11.0. The minimum atomic E-state index is -0.450. The molecule has 2 aromatic carbocycles. The number of hydrogen-bond donors (Lipinski definition) is 1. The summed E-state index contributed by atoms with van der Waals surface area (Å²) in [4.78, 5) is 27.3. The number of aromatic nitrogens is 2. The molecular weight excluding hydrogens is 447 g/mol. The maximum atomic E-state index is 13.6. The number of hydrogen-bond acceptors (Lipinski definition) is 5. The smallest absolute Gasteiger partial charge is 0.271 e. The number of aryl methyl sites for hydroxylation is 1. The third-order valence-corrected chi connectivity index (χ3v) is 6.10. The van der Waals surface area contributed by atoms with Gasteiger partial charge in [-0.05, 0) is 55.7 Å². The van der Waals surface area contributed by atoms with Gasteiger partial charge in [0.25, 0.3) is 5.56 Å². The molecule has 1 amide bonds. The van der Waals surface area contributed by atoms with Gasteiger partial charge in [0.1, 0.15) is 17.4 Å². The van der Waals surface area contributed by atoms with Gasteiger partial charge >= 0.3 is 0 Å². The predicted octanol–water partition coefficient (Wildman–Crippen LogP) is 4.20. The monoisotopic (exact) mass is 470 g/mol. The number of benzene rings is 2. The maximum absolute atomic E-state index is 13.6. The molecule has 0 aliphatic carbocycles. The summed E-state index contributed by atoms with van der Waals surface area (Å²) in [6.45, 7) is 3.00. The van der Waals surface area contributed by atoms with E-state index in [0.29, 0.717) is 41.1 Å². The van der Waals surface area contributed by atoms with Crippen molar-refractivity contribution in [3.05, 3.63) is 75.3 Å². The lowest BCUT2D eigenvalue weighted by molar-refractivity contribution is -0.120. The number of methoxy groups -OCH3 is 1. The maximum Gasteiger partial charge on any atom is 0.271 e. The highest BCUT2D eigenvalue weighted by Crippen LogP contribution is 2.32. The summed E-state index contributed by atoms with van der Waals surface area (Å²) in [5.41, 5.74) is 1.39. The Morgan fingerprint density at radius 2 is 2.06 bits per heavy atom. The van der Waals surface area contributed by atoms with Crippen LogP contribution in [0, 0.1) is 18.7 Å². The second-order valence-electron chi connectivity index (χ2n) is 8.00. The largest absolute Gasteiger partial charge is 0.495 e. The SMILES string of the molecule is COc1cc(Cl)c(C)cc1NC(=O)C1CCCN(c2ccc(=O)n(-c3cccc(F)c3)n2)C1. The Kier molecular flexibility index (Phi) is 6.65. The number of amides is 1. The van der Waals surface area contributed by atoms with E-state index in [1.807, 2.05) is 11.8 Å². The van der Waals surface area contributed by atoms with Crippen LogP contribution in [0.3, 0.4) is 0 Å². The van der Waals surface area contributed by atoms with Gasteiger partial charge in [-0.1, -0.05) is 17.7 Å². The van der Waals surface area contributed by atoms with E-state index >= 15 is 0 Å². The molecule has 0 radical (unpaired) electrons. The van der Waals surface area contributed by atoms with Crippen LogP contribution in [0.5, 0.6) is 5.75 Å². The van der Waals surface area contributed by atoms with Gasteiger partial charge in [0.2, 0.25) is 5.91 Å². The van der Waals surface area contributed by atoms with Crippen LogP contribution in [-0.2, 0) is 4.79 Å². The van der Waals surface area contributed by atoms with Crippen LogP contribution in [0.1, 0.15) is 18.4 Å². The highest BCUT2D eigenvalue weighted by molar-refractivity contribution is 6.31. The van der Waals surface area contributed by atoms with Gasteiger partial charge in [0.15, 0.2) is 0 Å². The molecule has 0 saturated carbocycles. The molecule has 1 unspecified atom stereocenters. The van der Waals surface area contributed by atoms with Crippen molar-refractivity contribution in [3.63, 3.8) is 0 Å². The van der Waals surface area contributed by atoms with Crippen molar-refractivity contribution in [1.82, 2.24) is 9.78 Å². The summed E-state index contributed by atoms with van der Waals surface area (Å²) in [5, 5.41) is 7.95. The van der Waals surface area contributed by atoms with E-state index in [9.17, 15) is 14.0 Å². The van der Waals surface area contributed by atoms with Crippen LogP contribution in [0.15, 0.2) is 53.3 Å². The Morgan fingerprint density at radius 1 is 1.24 bits per heavy atom.